The lowest BCUT2D eigenvalue weighted by Crippen LogP contribution is -2.25. The molecule has 1 aromatic rings. The zero-order valence-electron chi connectivity index (χ0n) is 9.54. The summed E-state index contributed by atoms with van der Waals surface area (Å²) < 4.78 is 13.0. The molecule has 16 heavy (non-hydrogen) atoms. The van der Waals surface area contributed by atoms with Gasteiger partial charge in [-0.05, 0) is 37.0 Å². The molecule has 0 aromatic heterocycles. The molecule has 1 aromatic carbocycles. The molecule has 0 aliphatic heterocycles. The van der Waals surface area contributed by atoms with E-state index in [4.69, 9.17) is 0 Å². The van der Waals surface area contributed by atoms with Crippen molar-refractivity contribution in [3.8, 4) is 5.75 Å². The van der Waals surface area contributed by atoms with Crippen LogP contribution in [0.1, 0.15) is 31.7 Å². The van der Waals surface area contributed by atoms with E-state index in [1.807, 2.05) is 0 Å². The number of halogens is 1. The molecule has 2 N–H and O–H groups in total. The zero-order valence-corrected chi connectivity index (χ0v) is 9.54. The average molecular weight is 223 g/mol. The second kappa shape index (κ2) is 4.83. The average Bonchev–Trinajstić information content (AvgIpc) is 2.97. The van der Waals surface area contributed by atoms with E-state index in [-0.39, 0.29) is 11.6 Å². The molecule has 0 spiro atoms. The smallest absolute Gasteiger partial charge is 0.127 e. The molecule has 1 fully saturated rings. The summed E-state index contributed by atoms with van der Waals surface area (Å²) in [5.74, 6) is 0.502. The summed E-state index contributed by atoms with van der Waals surface area (Å²) in [6, 6.07) is 4.63. The van der Waals surface area contributed by atoms with Gasteiger partial charge in [0.25, 0.3) is 0 Å². The number of nitrogens with one attached hydrogen (secondary N) is 1. The van der Waals surface area contributed by atoms with Crippen molar-refractivity contribution in [3.63, 3.8) is 0 Å². The summed E-state index contributed by atoms with van der Waals surface area (Å²) in [4.78, 5) is 0. The van der Waals surface area contributed by atoms with E-state index in [1.165, 1.54) is 25.3 Å². The summed E-state index contributed by atoms with van der Waals surface area (Å²) in [7, 11) is 0. The first-order valence-electron chi connectivity index (χ1n) is 5.85. The highest BCUT2D eigenvalue weighted by atomic mass is 19.1. The fraction of sp³-hybridized carbons (Fsp3) is 0.538. The first-order chi connectivity index (χ1) is 7.63. The van der Waals surface area contributed by atoms with Gasteiger partial charge < -0.3 is 10.4 Å². The third-order valence-corrected chi connectivity index (χ3v) is 2.98. The molecule has 3 heteroatoms. The van der Waals surface area contributed by atoms with Crippen LogP contribution in [-0.4, -0.2) is 11.1 Å². The molecule has 0 amide bonds. The van der Waals surface area contributed by atoms with Crippen LogP contribution in [0.15, 0.2) is 18.2 Å². The number of benzene rings is 1. The summed E-state index contributed by atoms with van der Waals surface area (Å²) in [6.07, 6.45) is 3.90. The van der Waals surface area contributed by atoms with Crippen molar-refractivity contribution >= 4 is 0 Å². The SMILES string of the molecule is CC(CC1CC1)NCc1cc(O)cc(F)c1. The van der Waals surface area contributed by atoms with Crippen LogP contribution in [0.3, 0.4) is 0 Å². The predicted octanol–water partition coefficient (Wildman–Crippen LogP) is 2.81. The van der Waals surface area contributed by atoms with E-state index in [0.29, 0.717) is 12.6 Å². The van der Waals surface area contributed by atoms with Crippen molar-refractivity contribution in [2.75, 3.05) is 0 Å². The van der Waals surface area contributed by atoms with Crippen LogP contribution in [0.4, 0.5) is 4.39 Å². The van der Waals surface area contributed by atoms with Crippen LogP contribution in [0.5, 0.6) is 5.75 Å². The number of hydrogen-bond donors (Lipinski definition) is 2. The van der Waals surface area contributed by atoms with E-state index in [9.17, 15) is 9.50 Å². The van der Waals surface area contributed by atoms with Gasteiger partial charge in [-0.2, -0.15) is 0 Å². The summed E-state index contributed by atoms with van der Waals surface area (Å²) in [5, 5.41) is 12.6. The Balaban J connectivity index is 1.83. The highest BCUT2D eigenvalue weighted by molar-refractivity contribution is 5.28. The van der Waals surface area contributed by atoms with E-state index >= 15 is 0 Å². The second-order valence-electron chi connectivity index (χ2n) is 4.78. The third-order valence-electron chi connectivity index (χ3n) is 2.98. The number of hydrogen-bond acceptors (Lipinski definition) is 2. The lowest BCUT2D eigenvalue weighted by atomic mass is 10.1. The number of phenols is 1. The molecule has 88 valence electrons. The van der Waals surface area contributed by atoms with E-state index in [1.54, 1.807) is 6.07 Å². The largest absolute Gasteiger partial charge is 0.508 e. The predicted molar refractivity (Wildman–Crippen MR) is 61.7 cm³/mol. The van der Waals surface area contributed by atoms with Gasteiger partial charge in [0.15, 0.2) is 0 Å². The lowest BCUT2D eigenvalue weighted by Gasteiger charge is -2.13. The highest BCUT2D eigenvalue weighted by Crippen LogP contribution is 2.33. The molecule has 2 nitrogen and oxygen atoms in total. The second-order valence-corrected chi connectivity index (χ2v) is 4.78. The van der Waals surface area contributed by atoms with Gasteiger partial charge in [-0.1, -0.05) is 12.8 Å². The third kappa shape index (κ3) is 3.49. The molecule has 0 radical (unpaired) electrons. The molecule has 1 aliphatic carbocycles. The zero-order chi connectivity index (χ0) is 11.5. The standard InChI is InChI=1S/C13H18FNO/c1-9(4-10-2-3-10)15-8-11-5-12(14)7-13(16)6-11/h5-7,9-10,15-16H,2-4,8H2,1H3. The molecule has 2 rings (SSSR count). The van der Waals surface area contributed by atoms with Gasteiger partial charge in [0.1, 0.15) is 11.6 Å². The molecular formula is C13H18FNO. The van der Waals surface area contributed by atoms with Gasteiger partial charge in [0, 0.05) is 18.7 Å². The minimum absolute atomic E-state index is 0.00774. The monoisotopic (exact) mass is 223 g/mol. The normalized spacial score (nSPS) is 17.4. The van der Waals surface area contributed by atoms with Crippen molar-refractivity contribution in [1.82, 2.24) is 5.32 Å². The summed E-state index contributed by atoms with van der Waals surface area (Å²) in [6.45, 7) is 2.76. The Hall–Kier alpha value is -1.09. The Bertz CT molecular complexity index is 343. The highest BCUT2D eigenvalue weighted by Gasteiger charge is 2.23. The summed E-state index contributed by atoms with van der Waals surface area (Å²) in [5.41, 5.74) is 0.792. The van der Waals surface area contributed by atoms with E-state index < -0.39 is 0 Å². The molecule has 1 atom stereocenters. The Morgan fingerprint density at radius 1 is 1.44 bits per heavy atom. The van der Waals surface area contributed by atoms with Crippen LogP contribution in [0.25, 0.3) is 0 Å². The maximum absolute atomic E-state index is 13.0. The van der Waals surface area contributed by atoms with Gasteiger partial charge in [0.2, 0.25) is 0 Å². The molecule has 1 saturated carbocycles. The Morgan fingerprint density at radius 2 is 2.19 bits per heavy atom. The van der Waals surface area contributed by atoms with Gasteiger partial charge in [0.05, 0.1) is 0 Å². The van der Waals surface area contributed by atoms with Gasteiger partial charge in [-0.3, -0.25) is 0 Å². The van der Waals surface area contributed by atoms with Crippen LogP contribution in [0, 0.1) is 11.7 Å². The number of rotatable bonds is 5. The van der Waals surface area contributed by atoms with Crippen molar-refractivity contribution in [1.29, 1.82) is 0 Å². The molecule has 1 unspecified atom stereocenters. The quantitative estimate of drug-likeness (QED) is 0.804. The van der Waals surface area contributed by atoms with E-state index in [2.05, 4.69) is 12.2 Å². The van der Waals surface area contributed by atoms with Crippen LogP contribution >= 0.6 is 0 Å². The van der Waals surface area contributed by atoms with Crippen LogP contribution < -0.4 is 5.32 Å². The van der Waals surface area contributed by atoms with Crippen LogP contribution in [0.2, 0.25) is 0 Å². The Kier molecular flexibility index (Phi) is 3.44. The minimum atomic E-state index is -0.383. The molecule has 1 aliphatic rings. The number of aromatic hydroxyl groups is 1. The van der Waals surface area contributed by atoms with Crippen molar-refractivity contribution in [3.05, 3.63) is 29.6 Å². The molecule has 0 bridgehead atoms. The van der Waals surface area contributed by atoms with Gasteiger partial charge in [-0.25, -0.2) is 4.39 Å². The lowest BCUT2D eigenvalue weighted by molar-refractivity contribution is 0.462. The fourth-order valence-corrected chi connectivity index (χ4v) is 1.96. The van der Waals surface area contributed by atoms with Crippen molar-refractivity contribution in [2.45, 2.75) is 38.8 Å². The molecule has 0 saturated heterocycles. The van der Waals surface area contributed by atoms with E-state index in [0.717, 1.165) is 17.5 Å². The Labute approximate surface area is 95.5 Å². The van der Waals surface area contributed by atoms with Gasteiger partial charge in [-0.15, -0.1) is 0 Å². The summed E-state index contributed by atoms with van der Waals surface area (Å²) >= 11 is 0. The van der Waals surface area contributed by atoms with Gasteiger partial charge >= 0.3 is 0 Å². The first-order valence-corrected chi connectivity index (χ1v) is 5.85. The minimum Gasteiger partial charge on any atom is -0.508 e. The Morgan fingerprint density at radius 3 is 2.81 bits per heavy atom. The van der Waals surface area contributed by atoms with Crippen molar-refractivity contribution < 1.29 is 9.50 Å². The molecule has 0 heterocycles. The maximum atomic E-state index is 13.0. The van der Waals surface area contributed by atoms with Crippen molar-refractivity contribution in [2.24, 2.45) is 5.92 Å². The fourth-order valence-electron chi connectivity index (χ4n) is 1.96. The first kappa shape index (κ1) is 11.4. The van der Waals surface area contributed by atoms with Crippen LogP contribution in [-0.2, 0) is 6.54 Å². The number of phenolic OH excluding ortho intramolecular Hbond substituents is 1. The maximum Gasteiger partial charge on any atom is 0.127 e. The topological polar surface area (TPSA) is 32.3 Å². The molecular weight excluding hydrogens is 205 g/mol.